The minimum Gasteiger partial charge on any atom is -0.369 e. The molecule has 0 spiro atoms. The lowest BCUT2D eigenvalue weighted by Gasteiger charge is -2.14. The summed E-state index contributed by atoms with van der Waals surface area (Å²) in [7, 11) is 0. The molecule has 0 bridgehead atoms. The smallest absolute Gasteiger partial charge is 0.258 e. The number of nitrogens with zero attached hydrogens (tertiary/aromatic N) is 2. The van der Waals surface area contributed by atoms with Gasteiger partial charge in [-0.1, -0.05) is 56.7 Å². The highest BCUT2D eigenvalue weighted by atomic mass is 16.1. The summed E-state index contributed by atoms with van der Waals surface area (Å²) in [4.78, 5) is 21.9. The lowest BCUT2D eigenvalue weighted by Crippen LogP contribution is -2.37. The fraction of sp³-hybridized carbons (Fsp3) is 0.261. The van der Waals surface area contributed by atoms with Gasteiger partial charge in [-0.15, -0.1) is 0 Å². The van der Waals surface area contributed by atoms with Gasteiger partial charge in [-0.05, 0) is 42.5 Å². The molecule has 3 rings (SSSR count). The molecule has 1 atom stereocenters. The number of carbonyl (C=O) groups excluding carboxylic acids is 1. The molecule has 1 amide bonds. The molecule has 3 N–H and O–H groups in total. The number of aryl methyl sites for hydroxylation is 1. The van der Waals surface area contributed by atoms with Crippen LogP contribution in [0, 0.1) is 5.92 Å². The SMILES string of the molecule is CCC(C)CCc1cnc2ccccc2c1C(=O)NC(N)=Nc1ccccc1. The van der Waals surface area contributed by atoms with Gasteiger partial charge in [0.25, 0.3) is 5.91 Å². The van der Waals surface area contributed by atoms with Crippen LogP contribution in [0.3, 0.4) is 0 Å². The summed E-state index contributed by atoms with van der Waals surface area (Å²) < 4.78 is 0. The number of hydrogen-bond acceptors (Lipinski definition) is 3. The van der Waals surface area contributed by atoms with Gasteiger partial charge in [0.15, 0.2) is 0 Å². The number of carbonyl (C=O) groups is 1. The van der Waals surface area contributed by atoms with Gasteiger partial charge in [-0.25, -0.2) is 4.99 Å². The molecule has 5 heteroatoms. The van der Waals surface area contributed by atoms with Gasteiger partial charge in [0.2, 0.25) is 5.96 Å². The van der Waals surface area contributed by atoms with Crippen LogP contribution in [-0.2, 0) is 6.42 Å². The second kappa shape index (κ2) is 9.13. The van der Waals surface area contributed by atoms with Crippen LogP contribution >= 0.6 is 0 Å². The van der Waals surface area contributed by atoms with Gasteiger partial charge in [0, 0.05) is 11.6 Å². The molecule has 0 saturated heterocycles. The highest BCUT2D eigenvalue weighted by Gasteiger charge is 2.17. The van der Waals surface area contributed by atoms with Crippen LogP contribution in [-0.4, -0.2) is 16.9 Å². The minimum atomic E-state index is -0.255. The summed E-state index contributed by atoms with van der Waals surface area (Å²) in [5, 5.41) is 3.57. The summed E-state index contributed by atoms with van der Waals surface area (Å²) in [5.41, 5.74) is 9.03. The molecule has 1 unspecified atom stereocenters. The van der Waals surface area contributed by atoms with Crippen LogP contribution in [0.4, 0.5) is 5.69 Å². The van der Waals surface area contributed by atoms with Gasteiger partial charge in [0.1, 0.15) is 0 Å². The molecule has 144 valence electrons. The molecule has 0 aliphatic rings. The Labute approximate surface area is 165 Å². The number of para-hydroxylation sites is 2. The fourth-order valence-corrected chi connectivity index (χ4v) is 3.09. The van der Waals surface area contributed by atoms with Crippen molar-refractivity contribution in [2.75, 3.05) is 0 Å². The summed E-state index contributed by atoms with van der Waals surface area (Å²) in [6.07, 6.45) is 4.72. The molecule has 5 nitrogen and oxygen atoms in total. The van der Waals surface area contributed by atoms with Gasteiger partial charge >= 0.3 is 0 Å². The van der Waals surface area contributed by atoms with Crippen molar-refractivity contribution in [3.8, 4) is 0 Å². The molecule has 0 aliphatic heterocycles. The predicted octanol–water partition coefficient (Wildman–Crippen LogP) is 4.59. The Hall–Kier alpha value is -3.21. The largest absolute Gasteiger partial charge is 0.369 e. The van der Waals surface area contributed by atoms with Crippen LogP contribution < -0.4 is 11.1 Å². The van der Waals surface area contributed by atoms with E-state index in [1.54, 1.807) is 0 Å². The first-order chi connectivity index (χ1) is 13.6. The van der Waals surface area contributed by atoms with E-state index < -0.39 is 0 Å². The van der Waals surface area contributed by atoms with Crippen molar-refractivity contribution >= 4 is 28.5 Å². The van der Waals surface area contributed by atoms with Crippen molar-refractivity contribution in [3.63, 3.8) is 0 Å². The van der Waals surface area contributed by atoms with E-state index in [2.05, 4.69) is 29.1 Å². The number of hydrogen-bond donors (Lipinski definition) is 2. The monoisotopic (exact) mass is 374 g/mol. The van der Waals surface area contributed by atoms with Crippen molar-refractivity contribution < 1.29 is 4.79 Å². The number of benzene rings is 2. The minimum absolute atomic E-state index is 0.0740. The Morgan fingerprint density at radius 2 is 1.86 bits per heavy atom. The summed E-state index contributed by atoms with van der Waals surface area (Å²) in [6, 6.07) is 17.0. The molecule has 28 heavy (non-hydrogen) atoms. The van der Waals surface area contributed by atoms with Crippen molar-refractivity contribution in [2.24, 2.45) is 16.6 Å². The molecule has 2 aromatic carbocycles. The zero-order valence-corrected chi connectivity index (χ0v) is 16.4. The number of aromatic nitrogens is 1. The molecule has 0 fully saturated rings. The number of nitrogens with one attached hydrogen (secondary N) is 1. The maximum absolute atomic E-state index is 13.1. The molecule has 1 heterocycles. The van der Waals surface area contributed by atoms with E-state index in [4.69, 9.17) is 5.73 Å². The van der Waals surface area contributed by atoms with Gasteiger partial charge in [0.05, 0.1) is 16.8 Å². The number of nitrogens with two attached hydrogens (primary N) is 1. The maximum Gasteiger partial charge on any atom is 0.258 e. The Morgan fingerprint density at radius 1 is 1.14 bits per heavy atom. The molecule has 0 aliphatic carbocycles. The first-order valence-electron chi connectivity index (χ1n) is 9.65. The molecular weight excluding hydrogens is 348 g/mol. The van der Waals surface area contributed by atoms with E-state index in [1.807, 2.05) is 60.8 Å². The zero-order valence-electron chi connectivity index (χ0n) is 16.4. The number of pyridine rings is 1. The number of aliphatic imine (C=N–C) groups is 1. The van der Waals surface area contributed by atoms with Crippen LogP contribution in [0.5, 0.6) is 0 Å². The first-order valence-corrected chi connectivity index (χ1v) is 9.65. The second-order valence-electron chi connectivity index (χ2n) is 7.01. The average molecular weight is 374 g/mol. The van der Waals surface area contributed by atoms with Crippen molar-refractivity contribution in [1.29, 1.82) is 0 Å². The highest BCUT2D eigenvalue weighted by molar-refractivity contribution is 6.13. The van der Waals surface area contributed by atoms with E-state index in [-0.39, 0.29) is 11.9 Å². The van der Waals surface area contributed by atoms with E-state index in [1.165, 1.54) is 0 Å². The van der Waals surface area contributed by atoms with Crippen molar-refractivity contribution in [3.05, 3.63) is 71.9 Å². The first kappa shape index (κ1) is 19.5. The quantitative estimate of drug-likeness (QED) is 0.489. The van der Waals surface area contributed by atoms with E-state index in [0.717, 1.165) is 35.7 Å². The molecular formula is C23H26N4O. The normalized spacial score (nSPS) is 12.7. The fourth-order valence-electron chi connectivity index (χ4n) is 3.09. The number of guanidine groups is 1. The summed E-state index contributed by atoms with van der Waals surface area (Å²) in [5.74, 6) is 0.409. The standard InChI is InChI=1S/C23H26N4O/c1-3-16(2)13-14-17-15-25-20-12-8-7-11-19(20)21(17)22(28)27-23(24)26-18-9-5-4-6-10-18/h4-12,15-16H,3,13-14H2,1-2H3,(H3,24,26,27,28). The second-order valence-corrected chi connectivity index (χ2v) is 7.01. The number of fused-ring (bicyclic) bond motifs is 1. The predicted molar refractivity (Wildman–Crippen MR) is 115 cm³/mol. The molecule has 1 aromatic heterocycles. The Bertz CT molecular complexity index is 982. The lowest BCUT2D eigenvalue weighted by atomic mass is 9.95. The van der Waals surface area contributed by atoms with E-state index in [9.17, 15) is 4.79 Å². The third-order valence-corrected chi connectivity index (χ3v) is 4.93. The maximum atomic E-state index is 13.1. The van der Waals surface area contributed by atoms with Crippen LogP contribution in [0.25, 0.3) is 10.9 Å². The average Bonchev–Trinajstić information content (AvgIpc) is 2.71. The molecule has 0 saturated carbocycles. The molecule has 3 aromatic rings. The summed E-state index contributed by atoms with van der Waals surface area (Å²) in [6.45, 7) is 4.40. The molecule has 0 radical (unpaired) electrons. The van der Waals surface area contributed by atoms with Gasteiger partial charge in [-0.2, -0.15) is 0 Å². The lowest BCUT2D eigenvalue weighted by molar-refractivity contribution is 0.0977. The Morgan fingerprint density at radius 3 is 2.61 bits per heavy atom. The third kappa shape index (κ3) is 4.74. The Kier molecular flexibility index (Phi) is 6.37. The van der Waals surface area contributed by atoms with E-state index in [0.29, 0.717) is 17.2 Å². The van der Waals surface area contributed by atoms with Crippen molar-refractivity contribution in [1.82, 2.24) is 10.3 Å². The topological polar surface area (TPSA) is 80.4 Å². The van der Waals surface area contributed by atoms with Gasteiger partial charge < -0.3 is 5.73 Å². The Balaban J connectivity index is 1.92. The van der Waals surface area contributed by atoms with Crippen molar-refractivity contribution in [2.45, 2.75) is 33.1 Å². The third-order valence-electron chi connectivity index (χ3n) is 4.93. The van der Waals surface area contributed by atoms with Crippen LogP contribution in [0.1, 0.15) is 42.6 Å². The zero-order chi connectivity index (χ0) is 19.9. The number of amides is 1. The van der Waals surface area contributed by atoms with Gasteiger partial charge in [-0.3, -0.25) is 15.1 Å². The van der Waals surface area contributed by atoms with Crippen LogP contribution in [0.15, 0.2) is 65.8 Å². The number of rotatable bonds is 6. The van der Waals surface area contributed by atoms with E-state index >= 15 is 0 Å². The highest BCUT2D eigenvalue weighted by Crippen LogP contribution is 2.23. The van der Waals surface area contributed by atoms with Crippen LogP contribution in [0.2, 0.25) is 0 Å². The summed E-state index contributed by atoms with van der Waals surface area (Å²) >= 11 is 0.